The van der Waals surface area contributed by atoms with Gasteiger partial charge in [0.15, 0.2) is 11.0 Å². The number of hydrogen-bond donors (Lipinski definition) is 1. The Balaban J connectivity index is 2.05. The van der Waals surface area contributed by atoms with Crippen molar-refractivity contribution in [1.29, 1.82) is 0 Å². The molecule has 1 unspecified atom stereocenters. The fourth-order valence-corrected chi connectivity index (χ4v) is 3.26. The summed E-state index contributed by atoms with van der Waals surface area (Å²) in [6, 6.07) is 7.47. The zero-order valence-corrected chi connectivity index (χ0v) is 15.5. The number of rotatable bonds is 8. The van der Waals surface area contributed by atoms with Crippen LogP contribution in [-0.4, -0.2) is 46.2 Å². The maximum absolute atomic E-state index is 12.0. The number of ether oxygens (including phenoxy) is 1. The first-order valence-corrected chi connectivity index (χ1v) is 9.01. The summed E-state index contributed by atoms with van der Waals surface area (Å²) >= 11 is 7.41. The highest BCUT2D eigenvalue weighted by molar-refractivity contribution is 7.99. The van der Waals surface area contributed by atoms with E-state index in [9.17, 15) is 4.79 Å². The van der Waals surface area contributed by atoms with Crippen LogP contribution in [0.2, 0.25) is 5.02 Å². The lowest BCUT2D eigenvalue weighted by molar-refractivity contribution is -0.119. The molecule has 0 aliphatic carbocycles. The van der Waals surface area contributed by atoms with Crippen LogP contribution in [0.3, 0.4) is 0 Å². The van der Waals surface area contributed by atoms with E-state index in [0.29, 0.717) is 23.3 Å². The second kappa shape index (κ2) is 9.05. The lowest BCUT2D eigenvalue weighted by atomic mass is 10.2. The summed E-state index contributed by atoms with van der Waals surface area (Å²) in [7, 11) is 1.61. The van der Waals surface area contributed by atoms with Crippen LogP contribution in [0.4, 0.5) is 0 Å². The Morgan fingerprint density at radius 1 is 1.46 bits per heavy atom. The van der Waals surface area contributed by atoms with E-state index in [0.717, 1.165) is 11.4 Å². The van der Waals surface area contributed by atoms with Crippen LogP contribution in [0.15, 0.2) is 29.4 Å². The Hall–Kier alpha value is -1.57. The van der Waals surface area contributed by atoms with Crippen LogP contribution >= 0.6 is 23.4 Å². The van der Waals surface area contributed by atoms with Crippen molar-refractivity contribution in [2.75, 3.05) is 19.5 Å². The molecule has 0 radical (unpaired) electrons. The molecule has 1 atom stereocenters. The van der Waals surface area contributed by atoms with Gasteiger partial charge in [0.2, 0.25) is 5.91 Å². The minimum atomic E-state index is -0.0560. The predicted octanol–water partition coefficient (Wildman–Crippen LogP) is 2.86. The van der Waals surface area contributed by atoms with Crippen molar-refractivity contribution >= 4 is 29.3 Å². The van der Waals surface area contributed by atoms with Crippen LogP contribution in [0, 0.1) is 0 Å². The van der Waals surface area contributed by atoms with E-state index < -0.39 is 0 Å². The number of carbonyl (C=O) groups excluding carboxylic acids is 1. The third kappa shape index (κ3) is 4.96. The van der Waals surface area contributed by atoms with Crippen molar-refractivity contribution in [2.24, 2.45) is 0 Å². The Morgan fingerprint density at radius 2 is 2.25 bits per heavy atom. The lowest BCUT2D eigenvalue weighted by Crippen LogP contribution is -2.36. The average Bonchev–Trinajstić information content (AvgIpc) is 2.96. The van der Waals surface area contributed by atoms with E-state index in [1.165, 1.54) is 11.8 Å². The molecule has 0 bridgehead atoms. The number of nitrogens with zero attached hydrogens (tertiary/aromatic N) is 3. The highest BCUT2D eigenvalue weighted by Crippen LogP contribution is 2.25. The van der Waals surface area contributed by atoms with Crippen LogP contribution in [0.25, 0.3) is 11.4 Å². The second-order valence-corrected chi connectivity index (χ2v) is 6.65. The molecule has 0 saturated heterocycles. The molecular formula is C16H21ClN4O2S. The van der Waals surface area contributed by atoms with E-state index in [1.807, 2.05) is 42.7 Å². The van der Waals surface area contributed by atoms with Crippen molar-refractivity contribution in [3.63, 3.8) is 0 Å². The van der Waals surface area contributed by atoms with Crippen LogP contribution in [0.1, 0.15) is 13.8 Å². The van der Waals surface area contributed by atoms with Crippen molar-refractivity contribution in [3.05, 3.63) is 29.3 Å². The van der Waals surface area contributed by atoms with Gasteiger partial charge in [0.05, 0.1) is 12.4 Å². The Kier molecular flexibility index (Phi) is 7.08. The summed E-state index contributed by atoms with van der Waals surface area (Å²) in [6.45, 7) is 5.11. The molecule has 0 saturated carbocycles. The molecule has 1 aromatic carbocycles. The zero-order valence-electron chi connectivity index (χ0n) is 14.0. The van der Waals surface area contributed by atoms with Gasteiger partial charge in [0.25, 0.3) is 0 Å². The minimum Gasteiger partial charge on any atom is -0.383 e. The normalized spacial score (nSPS) is 12.2. The Morgan fingerprint density at radius 3 is 2.92 bits per heavy atom. The molecule has 0 aliphatic rings. The van der Waals surface area contributed by atoms with E-state index >= 15 is 0 Å². The second-order valence-electron chi connectivity index (χ2n) is 5.27. The van der Waals surface area contributed by atoms with Gasteiger partial charge in [-0.05, 0) is 26.0 Å². The Labute approximate surface area is 150 Å². The van der Waals surface area contributed by atoms with Gasteiger partial charge in [-0.2, -0.15) is 0 Å². The number of aromatic nitrogens is 3. The first-order chi connectivity index (χ1) is 11.5. The number of amides is 1. The number of nitrogens with one attached hydrogen (secondary N) is 1. The van der Waals surface area contributed by atoms with Crippen molar-refractivity contribution in [2.45, 2.75) is 31.6 Å². The maximum Gasteiger partial charge on any atom is 0.230 e. The van der Waals surface area contributed by atoms with E-state index in [-0.39, 0.29) is 17.7 Å². The third-order valence-corrected chi connectivity index (χ3v) is 4.47. The van der Waals surface area contributed by atoms with Crippen LogP contribution in [-0.2, 0) is 16.1 Å². The number of thioether (sulfide) groups is 1. The van der Waals surface area contributed by atoms with Gasteiger partial charge in [0, 0.05) is 30.3 Å². The number of hydrogen-bond acceptors (Lipinski definition) is 5. The average molecular weight is 369 g/mol. The summed E-state index contributed by atoms with van der Waals surface area (Å²) < 4.78 is 6.98. The highest BCUT2D eigenvalue weighted by Gasteiger charge is 2.15. The Bertz CT molecular complexity index is 692. The summed E-state index contributed by atoms with van der Waals surface area (Å²) in [6.07, 6.45) is 0. The molecule has 24 heavy (non-hydrogen) atoms. The highest BCUT2D eigenvalue weighted by atomic mass is 35.5. The minimum absolute atomic E-state index is 0.0193. The van der Waals surface area contributed by atoms with Crippen LogP contribution < -0.4 is 5.32 Å². The molecule has 2 rings (SSSR count). The van der Waals surface area contributed by atoms with E-state index in [4.69, 9.17) is 16.3 Å². The van der Waals surface area contributed by atoms with Gasteiger partial charge in [0.1, 0.15) is 0 Å². The molecule has 2 aromatic rings. The molecule has 1 heterocycles. The van der Waals surface area contributed by atoms with Gasteiger partial charge >= 0.3 is 0 Å². The van der Waals surface area contributed by atoms with Gasteiger partial charge in [-0.3, -0.25) is 4.79 Å². The molecule has 1 amide bonds. The van der Waals surface area contributed by atoms with E-state index in [1.54, 1.807) is 7.11 Å². The SMILES string of the molecule is CCn1c(SCC(=O)NC(C)COC)nnc1-c1cccc(Cl)c1. The van der Waals surface area contributed by atoms with Crippen molar-refractivity contribution in [3.8, 4) is 11.4 Å². The molecule has 8 heteroatoms. The fourth-order valence-electron chi connectivity index (χ4n) is 2.26. The summed E-state index contributed by atoms with van der Waals surface area (Å²) in [5.41, 5.74) is 0.905. The summed E-state index contributed by atoms with van der Waals surface area (Å²) in [5.74, 6) is 0.969. The largest absolute Gasteiger partial charge is 0.383 e. The molecule has 130 valence electrons. The van der Waals surface area contributed by atoms with Crippen LogP contribution in [0.5, 0.6) is 0 Å². The summed E-state index contributed by atoms with van der Waals surface area (Å²) in [5, 5.41) is 12.7. The molecular weight excluding hydrogens is 348 g/mol. The first kappa shape index (κ1) is 18.8. The molecule has 0 fully saturated rings. The van der Waals surface area contributed by atoms with Gasteiger partial charge in [-0.1, -0.05) is 35.5 Å². The van der Waals surface area contributed by atoms with Crippen molar-refractivity contribution in [1.82, 2.24) is 20.1 Å². The molecule has 0 aliphatic heterocycles. The smallest absolute Gasteiger partial charge is 0.230 e. The van der Waals surface area contributed by atoms with Gasteiger partial charge in [-0.15, -0.1) is 10.2 Å². The zero-order chi connectivity index (χ0) is 17.5. The third-order valence-electron chi connectivity index (χ3n) is 3.27. The maximum atomic E-state index is 12.0. The number of methoxy groups -OCH3 is 1. The first-order valence-electron chi connectivity index (χ1n) is 7.65. The molecule has 1 N–H and O–H groups in total. The van der Waals surface area contributed by atoms with Gasteiger partial charge in [-0.25, -0.2) is 0 Å². The number of benzene rings is 1. The molecule has 0 spiro atoms. The fraction of sp³-hybridized carbons (Fsp3) is 0.438. The molecule has 6 nitrogen and oxygen atoms in total. The quantitative estimate of drug-likeness (QED) is 0.725. The van der Waals surface area contributed by atoms with Crippen molar-refractivity contribution < 1.29 is 9.53 Å². The van der Waals surface area contributed by atoms with E-state index in [2.05, 4.69) is 15.5 Å². The molecule has 1 aromatic heterocycles. The number of halogens is 1. The summed E-state index contributed by atoms with van der Waals surface area (Å²) in [4.78, 5) is 12.0. The topological polar surface area (TPSA) is 69.0 Å². The standard InChI is InChI=1S/C16H21ClN4O2S/c1-4-21-15(12-6-5-7-13(17)8-12)19-20-16(21)24-10-14(22)18-11(2)9-23-3/h5-8,11H,4,9-10H2,1-3H3,(H,18,22). The lowest BCUT2D eigenvalue weighted by Gasteiger charge is -2.12. The van der Waals surface area contributed by atoms with Gasteiger partial charge < -0.3 is 14.6 Å². The monoisotopic (exact) mass is 368 g/mol. The predicted molar refractivity (Wildman–Crippen MR) is 96.3 cm³/mol. The number of carbonyl (C=O) groups is 1.